The highest BCUT2D eigenvalue weighted by molar-refractivity contribution is 5.93. The van der Waals surface area contributed by atoms with Gasteiger partial charge in [0.2, 0.25) is 5.91 Å². The molecule has 2 aliphatic rings. The summed E-state index contributed by atoms with van der Waals surface area (Å²) in [5.74, 6) is -0.961. The number of aromatic carboxylic acids is 1. The first-order valence-electron chi connectivity index (χ1n) is 10.0. The van der Waals surface area contributed by atoms with Gasteiger partial charge in [0.25, 0.3) is 0 Å². The summed E-state index contributed by atoms with van der Waals surface area (Å²) in [7, 11) is 0. The van der Waals surface area contributed by atoms with Crippen LogP contribution in [0.2, 0.25) is 0 Å². The van der Waals surface area contributed by atoms with Crippen LogP contribution >= 0.6 is 0 Å². The van der Waals surface area contributed by atoms with E-state index in [1.165, 1.54) is 12.8 Å². The van der Waals surface area contributed by atoms with E-state index >= 15 is 0 Å². The normalized spacial score (nSPS) is 19.1. The third kappa shape index (κ3) is 3.80. The lowest BCUT2D eigenvalue weighted by atomic mass is 9.92. The summed E-state index contributed by atoms with van der Waals surface area (Å²) in [4.78, 5) is 27.0. The molecule has 2 aromatic carbocycles. The van der Waals surface area contributed by atoms with Crippen LogP contribution in [0.15, 0.2) is 54.6 Å². The minimum atomic E-state index is -0.964. The number of hydrogen-bond acceptors (Lipinski definition) is 3. The molecule has 1 unspecified atom stereocenters. The Hall–Kier alpha value is -2.66. The molecule has 146 valence electrons. The van der Waals surface area contributed by atoms with Crippen LogP contribution in [0.4, 0.5) is 0 Å². The Bertz CT molecular complexity index is 855. The molecule has 28 heavy (non-hydrogen) atoms. The summed E-state index contributed by atoms with van der Waals surface area (Å²) >= 11 is 0. The van der Waals surface area contributed by atoms with Crippen molar-refractivity contribution in [2.75, 3.05) is 19.6 Å². The molecule has 0 aromatic heterocycles. The van der Waals surface area contributed by atoms with Gasteiger partial charge in [-0.3, -0.25) is 4.79 Å². The summed E-state index contributed by atoms with van der Waals surface area (Å²) in [6.45, 7) is 2.96. The van der Waals surface area contributed by atoms with Gasteiger partial charge in [-0.15, -0.1) is 0 Å². The summed E-state index contributed by atoms with van der Waals surface area (Å²) in [5.41, 5.74) is 1.55. The lowest BCUT2D eigenvalue weighted by Crippen LogP contribution is -2.42. The lowest BCUT2D eigenvalue weighted by Gasteiger charge is -2.27. The average Bonchev–Trinajstić information content (AvgIpc) is 3.38. The number of likely N-dealkylation sites (tertiary alicyclic amines) is 1. The molecule has 2 fully saturated rings. The maximum absolute atomic E-state index is 13.3. The van der Waals surface area contributed by atoms with Gasteiger partial charge >= 0.3 is 5.97 Å². The predicted octanol–water partition coefficient (Wildman–Crippen LogP) is 3.37. The van der Waals surface area contributed by atoms with Crippen LogP contribution in [-0.4, -0.2) is 41.5 Å². The predicted molar refractivity (Wildman–Crippen MR) is 107 cm³/mol. The van der Waals surface area contributed by atoms with Gasteiger partial charge in [-0.25, -0.2) is 4.79 Å². The van der Waals surface area contributed by atoms with Crippen molar-refractivity contribution in [2.45, 2.75) is 37.1 Å². The van der Waals surface area contributed by atoms with Gasteiger partial charge in [-0.05, 0) is 62.0 Å². The van der Waals surface area contributed by atoms with E-state index in [0.717, 1.165) is 43.6 Å². The van der Waals surface area contributed by atoms with Crippen molar-refractivity contribution in [1.29, 1.82) is 0 Å². The first kappa shape index (κ1) is 18.7. The Balaban J connectivity index is 1.55. The van der Waals surface area contributed by atoms with Crippen molar-refractivity contribution in [2.24, 2.45) is 0 Å². The molecule has 1 amide bonds. The smallest absolute Gasteiger partial charge is 0.335 e. The van der Waals surface area contributed by atoms with Gasteiger partial charge in [0.05, 0.1) is 17.0 Å². The van der Waals surface area contributed by atoms with Crippen molar-refractivity contribution >= 4 is 11.9 Å². The Morgan fingerprint density at radius 3 is 2.39 bits per heavy atom. The maximum Gasteiger partial charge on any atom is 0.335 e. The van der Waals surface area contributed by atoms with Crippen LogP contribution in [0.25, 0.3) is 0 Å². The van der Waals surface area contributed by atoms with Crippen LogP contribution in [0.5, 0.6) is 0 Å². The van der Waals surface area contributed by atoms with Crippen LogP contribution < -0.4 is 5.32 Å². The van der Waals surface area contributed by atoms with E-state index in [-0.39, 0.29) is 17.5 Å². The quantitative estimate of drug-likeness (QED) is 0.775. The highest BCUT2D eigenvalue weighted by Crippen LogP contribution is 2.49. The molecule has 1 aliphatic heterocycles. The van der Waals surface area contributed by atoms with E-state index in [1.54, 1.807) is 18.2 Å². The van der Waals surface area contributed by atoms with Crippen molar-refractivity contribution < 1.29 is 14.7 Å². The number of amides is 1. The largest absolute Gasteiger partial charge is 0.478 e. The molecular weight excluding hydrogens is 352 g/mol. The number of benzene rings is 2. The monoisotopic (exact) mass is 378 g/mol. The zero-order chi connectivity index (χ0) is 19.6. The van der Waals surface area contributed by atoms with Crippen LogP contribution in [0.3, 0.4) is 0 Å². The fourth-order valence-electron chi connectivity index (χ4n) is 4.16. The number of carboxylic acid groups (broad SMARTS) is 1. The summed E-state index contributed by atoms with van der Waals surface area (Å²) in [5, 5.41) is 12.6. The third-order valence-electron chi connectivity index (χ3n) is 5.99. The Morgan fingerprint density at radius 2 is 1.75 bits per heavy atom. The standard InChI is InChI=1S/C23H26N2O3/c26-21(27)18-9-6-10-19(15-18)23(11-12-23)22(28)24-20(16-25-13-4-5-14-25)17-7-2-1-3-8-17/h1-3,6-10,15,20H,4-5,11-14,16H2,(H,24,28)(H,26,27). The van der Waals surface area contributed by atoms with Crippen molar-refractivity contribution in [3.8, 4) is 0 Å². The Kier molecular flexibility index (Phi) is 5.18. The fraction of sp³-hybridized carbons (Fsp3) is 0.391. The van der Waals surface area contributed by atoms with Crippen molar-refractivity contribution in [3.63, 3.8) is 0 Å². The zero-order valence-electron chi connectivity index (χ0n) is 15.9. The van der Waals surface area contributed by atoms with E-state index in [4.69, 9.17) is 0 Å². The molecule has 2 N–H and O–H groups in total. The minimum Gasteiger partial charge on any atom is -0.478 e. The topological polar surface area (TPSA) is 69.6 Å². The second-order valence-corrected chi connectivity index (χ2v) is 7.91. The molecule has 4 rings (SSSR count). The minimum absolute atomic E-state index is 0.00286. The number of hydrogen-bond donors (Lipinski definition) is 2. The number of carboxylic acids is 1. The van der Waals surface area contributed by atoms with E-state index in [1.807, 2.05) is 24.3 Å². The molecule has 0 radical (unpaired) electrons. The van der Waals surface area contributed by atoms with Crippen molar-refractivity contribution in [3.05, 3.63) is 71.3 Å². The number of carbonyl (C=O) groups is 2. The van der Waals surface area contributed by atoms with E-state index in [2.05, 4.69) is 22.3 Å². The summed E-state index contributed by atoms with van der Waals surface area (Å²) < 4.78 is 0. The van der Waals surface area contributed by atoms with Crippen LogP contribution in [-0.2, 0) is 10.2 Å². The van der Waals surface area contributed by atoms with E-state index in [0.29, 0.717) is 0 Å². The van der Waals surface area contributed by atoms with Gasteiger partial charge < -0.3 is 15.3 Å². The highest BCUT2D eigenvalue weighted by Gasteiger charge is 2.51. The Labute approximate surface area is 165 Å². The SMILES string of the molecule is O=C(O)c1cccc(C2(C(=O)NC(CN3CCCC3)c3ccccc3)CC2)c1. The van der Waals surface area contributed by atoms with Gasteiger partial charge in [0.15, 0.2) is 0 Å². The zero-order valence-corrected chi connectivity index (χ0v) is 15.9. The number of rotatable bonds is 7. The average molecular weight is 378 g/mol. The summed E-state index contributed by atoms with van der Waals surface area (Å²) in [6.07, 6.45) is 3.93. The first-order chi connectivity index (χ1) is 13.6. The Morgan fingerprint density at radius 1 is 1.04 bits per heavy atom. The fourth-order valence-corrected chi connectivity index (χ4v) is 4.16. The molecule has 1 aliphatic carbocycles. The van der Waals surface area contributed by atoms with Crippen LogP contribution in [0.1, 0.15) is 53.2 Å². The molecule has 2 aromatic rings. The van der Waals surface area contributed by atoms with E-state index in [9.17, 15) is 14.7 Å². The number of carbonyl (C=O) groups excluding carboxylic acids is 1. The van der Waals surface area contributed by atoms with Gasteiger partial charge in [-0.2, -0.15) is 0 Å². The summed E-state index contributed by atoms with van der Waals surface area (Å²) in [6, 6.07) is 16.9. The molecule has 5 nitrogen and oxygen atoms in total. The molecule has 1 heterocycles. The second-order valence-electron chi connectivity index (χ2n) is 7.91. The van der Waals surface area contributed by atoms with Crippen LogP contribution in [0, 0.1) is 0 Å². The molecule has 0 bridgehead atoms. The maximum atomic E-state index is 13.3. The first-order valence-corrected chi connectivity index (χ1v) is 10.0. The lowest BCUT2D eigenvalue weighted by molar-refractivity contribution is -0.124. The molecule has 1 saturated carbocycles. The molecule has 1 saturated heterocycles. The van der Waals surface area contributed by atoms with Gasteiger partial charge in [0, 0.05) is 6.54 Å². The number of nitrogens with zero attached hydrogens (tertiary/aromatic N) is 1. The molecule has 0 spiro atoms. The molecular formula is C23H26N2O3. The molecule has 1 atom stereocenters. The van der Waals surface area contributed by atoms with E-state index < -0.39 is 11.4 Å². The molecule has 5 heteroatoms. The second kappa shape index (κ2) is 7.76. The number of nitrogens with one attached hydrogen (secondary N) is 1. The highest BCUT2D eigenvalue weighted by atomic mass is 16.4. The van der Waals surface area contributed by atoms with Gasteiger partial charge in [0.1, 0.15) is 0 Å². The van der Waals surface area contributed by atoms with Gasteiger partial charge in [-0.1, -0.05) is 42.5 Å². The van der Waals surface area contributed by atoms with Crippen molar-refractivity contribution in [1.82, 2.24) is 10.2 Å². The third-order valence-corrected chi connectivity index (χ3v) is 5.99.